The van der Waals surface area contributed by atoms with Gasteiger partial charge in [-0.05, 0) is 29.7 Å². The Morgan fingerprint density at radius 1 is 1.12 bits per heavy atom. The molecule has 2 aromatic rings. The minimum absolute atomic E-state index is 0.0952. The molecule has 5 heteroatoms. The molecule has 25 heavy (non-hydrogen) atoms. The molecule has 0 bridgehead atoms. The van der Waals surface area contributed by atoms with Crippen LogP contribution in [0.25, 0.3) is 0 Å². The van der Waals surface area contributed by atoms with Crippen LogP contribution in [0.3, 0.4) is 0 Å². The maximum absolute atomic E-state index is 12.2. The molecule has 2 rings (SSSR count). The van der Waals surface area contributed by atoms with E-state index in [0.717, 1.165) is 11.1 Å². The van der Waals surface area contributed by atoms with Crippen molar-refractivity contribution in [2.24, 2.45) is 0 Å². The molecule has 134 valence electrons. The Morgan fingerprint density at radius 3 is 2.44 bits per heavy atom. The number of rotatable bonds is 8. The Balaban J connectivity index is 1.85. The molecule has 1 aromatic carbocycles. The highest BCUT2D eigenvalue weighted by atomic mass is 16.3. The van der Waals surface area contributed by atoms with Gasteiger partial charge < -0.3 is 15.7 Å². The first-order chi connectivity index (χ1) is 12.0. The molecule has 1 unspecified atom stereocenters. The van der Waals surface area contributed by atoms with Gasteiger partial charge in [-0.3, -0.25) is 4.98 Å². The van der Waals surface area contributed by atoms with Gasteiger partial charge in [0.1, 0.15) is 0 Å². The summed E-state index contributed by atoms with van der Waals surface area (Å²) in [5.74, 6) is 0.102. The molecule has 0 radical (unpaired) electrons. The van der Waals surface area contributed by atoms with Gasteiger partial charge in [-0.2, -0.15) is 0 Å². The van der Waals surface area contributed by atoms with Crippen molar-refractivity contribution >= 4 is 6.03 Å². The van der Waals surface area contributed by atoms with Crippen molar-refractivity contribution in [3.05, 3.63) is 66.0 Å². The van der Waals surface area contributed by atoms with Crippen molar-refractivity contribution in [2.75, 3.05) is 19.7 Å². The summed E-state index contributed by atoms with van der Waals surface area (Å²) in [6.45, 7) is 5.28. The van der Waals surface area contributed by atoms with Crippen molar-refractivity contribution in [3.8, 4) is 0 Å². The van der Waals surface area contributed by atoms with E-state index in [9.17, 15) is 9.90 Å². The van der Waals surface area contributed by atoms with Gasteiger partial charge in [0.2, 0.25) is 0 Å². The van der Waals surface area contributed by atoms with E-state index in [2.05, 4.69) is 29.5 Å². The molecule has 0 saturated carbocycles. The van der Waals surface area contributed by atoms with Crippen molar-refractivity contribution in [3.63, 3.8) is 0 Å². The number of hydrogen-bond donors (Lipinski definition) is 3. The predicted octanol–water partition coefficient (Wildman–Crippen LogP) is 2.82. The molecule has 0 fully saturated rings. The Morgan fingerprint density at radius 2 is 1.80 bits per heavy atom. The molecule has 0 aliphatic heterocycles. The van der Waals surface area contributed by atoms with Crippen LogP contribution < -0.4 is 10.6 Å². The maximum Gasteiger partial charge on any atom is 0.314 e. The van der Waals surface area contributed by atoms with E-state index in [0.29, 0.717) is 19.5 Å². The van der Waals surface area contributed by atoms with Crippen molar-refractivity contribution in [2.45, 2.75) is 31.6 Å². The van der Waals surface area contributed by atoms with Gasteiger partial charge in [-0.25, -0.2) is 4.79 Å². The monoisotopic (exact) mass is 341 g/mol. The fourth-order valence-electron chi connectivity index (χ4n) is 2.75. The summed E-state index contributed by atoms with van der Waals surface area (Å²) < 4.78 is 0. The average Bonchev–Trinajstić information content (AvgIpc) is 2.65. The number of carbonyl (C=O) groups is 1. The molecule has 0 saturated heterocycles. The first-order valence-corrected chi connectivity index (χ1v) is 8.61. The highest BCUT2D eigenvalue weighted by Crippen LogP contribution is 2.21. The van der Waals surface area contributed by atoms with Gasteiger partial charge in [0.05, 0.1) is 0 Å². The smallest absolute Gasteiger partial charge is 0.314 e. The second-order valence-corrected chi connectivity index (χ2v) is 6.80. The number of aliphatic hydroxyl groups is 1. The number of aliphatic hydroxyl groups excluding tert-OH is 1. The number of carbonyl (C=O) groups excluding carboxylic acids is 1. The van der Waals surface area contributed by atoms with Gasteiger partial charge in [0.15, 0.2) is 0 Å². The number of urea groups is 1. The lowest BCUT2D eigenvalue weighted by atomic mass is 9.85. The standard InChI is InChI=1S/C20H27N3O2/c1-20(2,18-8-11-21-12-9-18)15-23-19(25)22-14-17(10-13-24)16-6-4-3-5-7-16/h3-9,11-12,17,24H,10,13-15H2,1-2H3,(H2,22,23,25). The summed E-state index contributed by atoms with van der Waals surface area (Å²) in [5, 5.41) is 15.1. The quantitative estimate of drug-likeness (QED) is 0.691. The second kappa shape index (κ2) is 9.18. The van der Waals surface area contributed by atoms with Crippen LogP contribution in [-0.2, 0) is 5.41 Å². The maximum atomic E-state index is 12.2. The number of nitrogens with zero attached hydrogens (tertiary/aromatic N) is 1. The molecule has 1 heterocycles. The Labute approximate surface area is 149 Å². The fraction of sp³-hybridized carbons (Fsp3) is 0.400. The number of hydrogen-bond acceptors (Lipinski definition) is 3. The first kappa shape index (κ1) is 18.9. The van der Waals surface area contributed by atoms with Gasteiger partial charge in [0.25, 0.3) is 0 Å². The molecule has 0 aliphatic carbocycles. The number of benzene rings is 1. The highest BCUT2D eigenvalue weighted by Gasteiger charge is 2.21. The number of pyridine rings is 1. The summed E-state index contributed by atoms with van der Waals surface area (Å²) in [5.41, 5.74) is 2.07. The zero-order chi connectivity index (χ0) is 18.1. The minimum Gasteiger partial charge on any atom is -0.396 e. The highest BCUT2D eigenvalue weighted by molar-refractivity contribution is 5.74. The summed E-state index contributed by atoms with van der Waals surface area (Å²) in [6.07, 6.45) is 4.14. The van der Waals surface area contributed by atoms with Crippen LogP contribution in [0.15, 0.2) is 54.9 Å². The van der Waals surface area contributed by atoms with Crippen LogP contribution in [-0.4, -0.2) is 35.8 Å². The van der Waals surface area contributed by atoms with E-state index >= 15 is 0 Å². The van der Waals surface area contributed by atoms with E-state index in [1.165, 1.54) is 0 Å². The minimum atomic E-state index is -0.194. The predicted molar refractivity (Wildman–Crippen MR) is 99.6 cm³/mol. The number of amides is 2. The van der Waals surface area contributed by atoms with E-state index in [-0.39, 0.29) is 24.0 Å². The van der Waals surface area contributed by atoms with Crippen LogP contribution >= 0.6 is 0 Å². The third kappa shape index (κ3) is 5.87. The van der Waals surface area contributed by atoms with E-state index in [1.54, 1.807) is 12.4 Å². The summed E-state index contributed by atoms with van der Waals surface area (Å²) in [4.78, 5) is 16.2. The molecular formula is C20H27N3O2. The normalized spacial score (nSPS) is 12.4. The van der Waals surface area contributed by atoms with Gasteiger partial charge >= 0.3 is 6.03 Å². The zero-order valence-electron chi connectivity index (χ0n) is 14.9. The molecule has 5 nitrogen and oxygen atoms in total. The van der Waals surface area contributed by atoms with Gasteiger partial charge in [-0.15, -0.1) is 0 Å². The molecule has 0 spiro atoms. The molecule has 3 N–H and O–H groups in total. The Hall–Kier alpha value is -2.40. The van der Waals surface area contributed by atoms with Crippen molar-refractivity contribution in [1.82, 2.24) is 15.6 Å². The molecular weight excluding hydrogens is 314 g/mol. The lowest BCUT2D eigenvalue weighted by Crippen LogP contribution is -2.43. The lowest BCUT2D eigenvalue weighted by molar-refractivity contribution is 0.235. The van der Waals surface area contributed by atoms with Crippen molar-refractivity contribution in [1.29, 1.82) is 0 Å². The van der Waals surface area contributed by atoms with Crippen molar-refractivity contribution < 1.29 is 9.90 Å². The zero-order valence-corrected chi connectivity index (χ0v) is 14.9. The lowest BCUT2D eigenvalue weighted by Gasteiger charge is -2.26. The second-order valence-electron chi connectivity index (χ2n) is 6.80. The van der Waals surface area contributed by atoms with E-state index in [4.69, 9.17) is 0 Å². The Bertz CT molecular complexity index is 645. The van der Waals surface area contributed by atoms with Crippen LogP contribution in [0.4, 0.5) is 4.79 Å². The van der Waals surface area contributed by atoms with E-state index < -0.39 is 0 Å². The Kier molecular flexibility index (Phi) is 6.95. The largest absolute Gasteiger partial charge is 0.396 e. The third-order valence-corrected chi connectivity index (χ3v) is 4.41. The molecule has 0 aliphatic rings. The SMILES string of the molecule is CC(C)(CNC(=O)NCC(CCO)c1ccccc1)c1ccncc1. The summed E-state index contributed by atoms with van der Waals surface area (Å²) in [6, 6.07) is 13.7. The van der Waals surface area contributed by atoms with Crippen LogP contribution in [0.1, 0.15) is 37.3 Å². The van der Waals surface area contributed by atoms with Gasteiger partial charge in [-0.1, -0.05) is 44.2 Å². The van der Waals surface area contributed by atoms with Gasteiger partial charge in [0, 0.05) is 43.4 Å². The summed E-state index contributed by atoms with van der Waals surface area (Å²) in [7, 11) is 0. The average molecular weight is 341 g/mol. The molecule has 1 aromatic heterocycles. The number of nitrogens with one attached hydrogen (secondary N) is 2. The fourth-order valence-corrected chi connectivity index (χ4v) is 2.75. The number of aromatic nitrogens is 1. The molecule has 1 atom stereocenters. The third-order valence-electron chi connectivity index (χ3n) is 4.41. The molecule has 2 amide bonds. The topological polar surface area (TPSA) is 74.2 Å². The van der Waals surface area contributed by atoms with E-state index in [1.807, 2.05) is 42.5 Å². The van der Waals surface area contributed by atoms with Crippen LogP contribution in [0.5, 0.6) is 0 Å². The van der Waals surface area contributed by atoms with Crippen LogP contribution in [0.2, 0.25) is 0 Å². The van der Waals surface area contributed by atoms with Crippen LogP contribution in [0, 0.1) is 0 Å². The summed E-state index contributed by atoms with van der Waals surface area (Å²) >= 11 is 0. The first-order valence-electron chi connectivity index (χ1n) is 8.61.